The number of nitrogens with one attached hydrogen (secondary N) is 1. The van der Waals surface area contributed by atoms with Crippen LogP contribution in [0.3, 0.4) is 0 Å². The van der Waals surface area contributed by atoms with Gasteiger partial charge in [0.1, 0.15) is 0 Å². The standard InChI is InChI=1S/C15H15F3N2OS/c1-8-3-13(22-9(8)2)14(21)20-12-5-10(7-19)4-11(6-12)15(16,17)18/h3-6H,7,19H2,1-2H3,(H,20,21). The van der Waals surface area contributed by atoms with Crippen LogP contribution in [0.1, 0.15) is 31.2 Å². The fourth-order valence-corrected chi connectivity index (χ4v) is 2.85. The number of benzene rings is 1. The number of hydrogen-bond acceptors (Lipinski definition) is 3. The molecule has 7 heteroatoms. The Morgan fingerprint density at radius 3 is 2.41 bits per heavy atom. The Kier molecular flexibility index (Phi) is 4.58. The van der Waals surface area contributed by atoms with Crippen LogP contribution in [0.5, 0.6) is 0 Å². The van der Waals surface area contributed by atoms with Gasteiger partial charge in [-0.1, -0.05) is 0 Å². The Balaban J connectivity index is 2.30. The molecule has 0 aliphatic rings. The largest absolute Gasteiger partial charge is 0.416 e. The minimum Gasteiger partial charge on any atom is -0.326 e. The molecule has 2 aromatic rings. The number of aryl methyl sites for hydroxylation is 2. The lowest BCUT2D eigenvalue weighted by Gasteiger charge is -2.12. The zero-order chi connectivity index (χ0) is 16.5. The summed E-state index contributed by atoms with van der Waals surface area (Å²) in [5.41, 5.74) is 5.96. The number of nitrogens with two attached hydrogens (primary N) is 1. The van der Waals surface area contributed by atoms with Crippen LogP contribution in [0.25, 0.3) is 0 Å². The third-order valence-electron chi connectivity index (χ3n) is 3.20. The third kappa shape index (κ3) is 3.66. The lowest BCUT2D eigenvalue weighted by molar-refractivity contribution is -0.137. The maximum atomic E-state index is 12.8. The van der Waals surface area contributed by atoms with E-state index in [2.05, 4.69) is 5.32 Å². The molecule has 3 nitrogen and oxygen atoms in total. The third-order valence-corrected chi connectivity index (χ3v) is 4.35. The highest BCUT2D eigenvalue weighted by Crippen LogP contribution is 2.32. The Hall–Kier alpha value is -1.86. The highest BCUT2D eigenvalue weighted by Gasteiger charge is 2.31. The van der Waals surface area contributed by atoms with Gasteiger partial charge in [-0.15, -0.1) is 11.3 Å². The monoisotopic (exact) mass is 328 g/mol. The van der Waals surface area contributed by atoms with Crippen molar-refractivity contribution in [2.75, 3.05) is 5.32 Å². The minimum atomic E-state index is -4.49. The minimum absolute atomic E-state index is 0.0377. The molecule has 0 bridgehead atoms. The Bertz CT molecular complexity index is 688. The molecule has 0 saturated heterocycles. The van der Waals surface area contributed by atoms with Crippen molar-refractivity contribution in [2.24, 2.45) is 5.73 Å². The van der Waals surface area contributed by atoms with E-state index in [1.165, 1.54) is 17.4 Å². The van der Waals surface area contributed by atoms with Crippen LogP contribution in [-0.4, -0.2) is 5.91 Å². The van der Waals surface area contributed by atoms with Crippen LogP contribution in [0.4, 0.5) is 18.9 Å². The molecule has 0 aliphatic heterocycles. The van der Waals surface area contributed by atoms with E-state index in [0.29, 0.717) is 10.4 Å². The van der Waals surface area contributed by atoms with Gasteiger partial charge in [0.05, 0.1) is 10.4 Å². The van der Waals surface area contributed by atoms with Crippen molar-refractivity contribution in [3.05, 3.63) is 50.7 Å². The Labute approximate surface area is 130 Å². The summed E-state index contributed by atoms with van der Waals surface area (Å²) in [6.45, 7) is 3.72. The summed E-state index contributed by atoms with van der Waals surface area (Å²) in [6, 6.07) is 5.05. The highest BCUT2D eigenvalue weighted by atomic mass is 32.1. The number of rotatable bonds is 3. The second-order valence-corrected chi connectivity index (χ2v) is 6.18. The van der Waals surface area contributed by atoms with E-state index in [4.69, 9.17) is 5.73 Å². The second-order valence-electron chi connectivity index (χ2n) is 4.92. The van der Waals surface area contributed by atoms with Gasteiger partial charge in [0, 0.05) is 17.1 Å². The number of carbonyl (C=O) groups excluding carboxylic acids is 1. The highest BCUT2D eigenvalue weighted by molar-refractivity contribution is 7.14. The quantitative estimate of drug-likeness (QED) is 0.891. The number of carbonyl (C=O) groups is 1. The molecule has 0 aliphatic carbocycles. The Morgan fingerprint density at radius 2 is 1.91 bits per heavy atom. The number of thiophene rings is 1. The average Bonchev–Trinajstić information content (AvgIpc) is 2.77. The van der Waals surface area contributed by atoms with E-state index < -0.39 is 17.6 Å². The molecule has 3 N–H and O–H groups in total. The first-order valence-electron chi connectivity index (χ1n) is 6.50. The molecule has 22 heavy (non-hydrogen) atoms. The molecule has 0 spiro atoms. The van der Waals surface area contributed by atoms with Gasteiger partial charge in [0.2, 0.25) is 0 Å². The van der Waals surface area contributed by atoms with Gasteiger partial charge in [-0.05, 0) is 49.2 Å². The van der Waals surface area contributed by atoms with Crippen molar-refractivity contribution in [3.8, 4) is 0 Å². The van der Waals surface area contributed by atoms with Crippen LogP contribution in [0.15, 0.2) is 24.3 Å². The van der Waals surface area contributed by atoms with Crippen molar-refractivity contribution in [3.63, 3.8) is 0 Å². The van der Waals surface area contributed by atoms with Gasteiger partial charge in [-0.25, -0.2) is 0 Å². The maximum Gasteiger partial charge on any atom is 0.416 e. The zero-order valence-electron chi connectivity index (χ0n) is 12.0. The van der Waals surface area contributed by atoms with E-state index in [9.17, 15) is 18.0 Å². The van der Waals surface area contributed by atoms with E-state index in [-0.39, 0.29) is 12.2 Å². The molecule has 0 fully saturated rings. The van der Waals surface area contributed by atoms with Crippen molar-refractivity contribution >= 4 is 22.9 Å². The van der Waals surface area contributed by atoms with Gasteiger partial charge >= 0.3 is 6.18 Å². The smallest absolute Gasteiger partial charge is 0.326 e. The van der Waals surface area contributed by atoms with E-state index in [1.807, 2.05) is 13.8 Å². The Morgan fingerprint density at radius 1 is 1.23 bits per heavy atom. The van der Waals surface area contributed by atoms with Gasteiger partial charge in [0.25, 0.3) is 5.91 Å². The van der Waals surface area contributed by atoms with Gasteiger partial charge < -0.3 is 11.1 Å². The summed E-state index contributed by atoms with van der Waals surface area (Å²) in [6.07, 6.45) is -4.49. The summed E-state index contributed by atoms with van der Waals surface area (Å²) in [4.78, 5) is 13.6. The molecule has 0 unspecified atom stereocenters. The van der Waals surface area contributed by atoms with E-state index in [0.717, 1.165) is 22.6 Å². The summed E-state index contributed by atoms with van der Waals surface area (Å²) in [7, 11) is 0. The molecule has 1 amide bonds. The van der Waals surface area contributed by atoms with Crippen LogP contribution >= 0.6 is 11.3 Å². The van der Waals surface area contributed by atoms with Crippen LogP contribution in [0, 0.1) is 13.8 Å². The number of alkyl halides is 3. The second kappa shape index (κ2) is 6.10. The SMILES string of the molecule is Cc1cc(C(=O)Nc2cc(CN)cc(C(F)(F)F)c2)sc1C. The van der Waals surface area contributed by atoms with Crippen molar-refractivity contribution in [1.29, 1.82) is 0 Å². The summed E-state index contributed by atoms with van der Waals surface area (Å²) < 4.78 is 38.5. The fraction of sp³-hybridized carbons (Fsp3) is 0.267. The molecule has 0 radical (unpaired) electrons. The predicted molar refractivity (Wildman–Crippen MR) is 81.1 cm³/mol. The topological polar surface area (TPSA) is 55.1 Å². The summed E-state index contributed by atoms with van der Waals surface area (Å²) in [5, 5.41) is 2.50. The molecule has 0 saturated carbocycles. The van der Waals surface area contributed by atoms with Gasteiger partial charge in [-0.2, -0.15) is 13.2 Å². The summed E-state index contributed by atoms with van der Waals surface area (Å²) in [5.74, 6) is -0.427. The molecule has 1 aromatic carbocycles. The molecule has 2 rings (SSSR count). The fourth-order valence-electron chi connectivity index (χ4n) is 1.92. The molecule has 0 atom stereocenters. The number of anilines is 1. The first-order valence-corrected chi connectivity index (χ1v) is 7.32. The van der Waals surface area contributed by atoms with Crippen LogP contribution in [-0.2, 0) is 12.7 Å². The first-order chi connectivity index (χ1) is 10.2. The van der Waals surface area contributed by atoms with Gasteiger partial charge in [-0.3, -0.25) is 4.79 Å². The van der Waals surface area contributed by atoms with Crippen molar-refractivity contribution in [1.82, 2.24) is 0 Å². The number of hydrogen-bond donors (Lipinski definition) is 2. The van der Waals surface area contributed by atoms with Crippen LogP contribution in [0.2, 0.25) is 0 Å². The predicted octanol–water partition coefficient (Wildman–Crippen LogP) is 4.09. The molecule has 118 valence electrons. The molecular formula is C15H15F3N2OS. The lowest BCUT2D eigenvalue weighted by Crippen LogP contribution is -2.13. The first kappa shape index (κ1) is 16.5. The zero-order valence-corrected chi connectivity index (χ0v) is 12.9. The lowest BCUT2D eigenvalue weighted by atomic mass is 10.1. The van der Waals surface area contributed by atoms with E-state index in [1.54, 1.807) is 6.07 Å². The van der Waals surface area contributed by atoms with E-state index >= 15 is 0 Å². The number of amides is 1. The van der Waals surface area contributed by atoms with Gasteiger partial charge in [0.15, 0.2) is 0 Å². The normalized spacial score (nSPS) is 11.5. The van der Waals surface area contributed by atoms with Crippen molar-refractivity contribution in [2.45, 2.75) is 26.6 Å². The van der Waals surface area contributed by atoms with Crippen molar-refractivity contribution < 1.29 is 18.0 Å². The molecular weight excluding hydrogens is 313 g/mol. The molecule has 1 aromatic heterocycles. The van der Waals surface area contributed by atoms with Crippen LogP contribution < -0.4 is 11.1 Å². The average molecular weight is 328 g/mol. The number of halogens is 3. The molecule has 1 heterocycles. The maximum absolute atomic E-state index is 12.8. The summed E-state index contributed by atoms with van der Waals surface area (Å²) >= 11 is 1.30.